The summed E-state index contributed by atoms with van der Waals surface area (Å²) in [5, 5.41) is 0. The molecule has 0 bridgehead atoms. The number of hydrogen-bond donors (Lipinski definition) is 0. The van der Waals surface area contributed by atoms with E-state index in [9.17, 15) is 0 Å². The normalized spacial score (nSPS) is 10.3. The van der Waals surface area contributed by atoms with Crippen LogP contribution in [0, 0.1) is 6.92 Å². The number of rotatable bonds is 5. The van der Waals surface area contributed by atoms with Crippen LogP contribution in [-0.2, 0) is 0 Å². The molecule has 18 heavy (non-hydrogen) atoms. The second kappa shape index (κ2) is 6.46. The molecule has 1 nitrogen and oxygen atoms in total. The van der Waals surface area contributed by atoms with Gasteiger partial charge in [-0.25, -0.2) is 0 Å². The SMILES string of the molecule is Cc1ccc(-c2cccc(OCCCCl)c2)cc1. The van der Waals surface area contributed by atoms with Gasteiger partial charge in [-0.1, -0.05) is 42.0 Å². The first-order valence-corrected chi connectivity index (χ1v) is 6.69. The third-order valence-electron chi connectivity index (χ3n) is 2.77. The van der Waals surface area contributed by atoms with Gasteiger partial charge < -0.3 is 4.74 Å². The quantitative estimate of drug-likeness (QED) is 0.561. The topological polar surface area (TPSA) is 9.23 Å². The Morgan fingerprint density at radius 2 is 1.78 bits per heavy atom. The van der Waals surface area contributed by atoms with Crippen molar-refractivity contribution in [2.24, 2.45) is 0 Å². The second-order valence-electron chi connectivity index (χ2n) is 4.28. The number of hydrogen-bond acceptors (Lipinski definition) is 1. The Morgan fingerprint density at radius 1 is 1.00 bits per heavy atom. The minimum absolute atomic E-state index is 0.637. The summed E-state index contributed by atoms with van der Waals surface area (Å²) < 4.78 is 5.65. The molecule has 0 atom stereocenters. The molecule has 94 valence electrons. The molecule has 2 rings (SSSR count). The van der Waals surface area contributed by atoms with Crippen LogP contribution in [-0.4, -0.2) is 12.5 Å². The summed E-state index contributed by atoms with van der Waals surface area (Å²) in [7, 11) is 0. The van der Waals surface area contributed by atoms with Crippen LogP contribution in [0.3, 0.4) is 0 Å². The van der Waals surface area contributed by atoms with Crippen molar-refractivity contribution in [2.75, 3.05) is 12.5 Å². The van der Waals surface area contributed by atoms with Gasteiger partial charge in [0.2, 0.25) is 0 Å². The summed E-state index contributed by atoms with van der Waals surface area (Å²) in [6.07, 6.45) is 0.871. The molecule has 0 aromatic heterocycles. The van der Waals surface area contributed by atoms with Crippen LogP contribution >= 0.6 is 11.6 Å². The molecule has 2 aromatic carbocycles. The molecule has 2 aromatic rings. The fourth-order valence-electron chi connectivity index (χ4n) is 1.76. The maximum atomic E-state index is 5.65. The minimum Gasteiger partial charge on any atom is -0.494 e. The lowest BCUT2D eigenvalue weighted by Crippen LogP contribution is -1.97. The van der Waals surface area contributed by atoms with E-state index in [4.69, 9.17) is 16.3 Å². The van der Waals surface area contributed by atoms with E-state index in [1.54, 1.807) is 0 Å². The highest BCUT2D eigenvalue weighted by molar-refractivity contribution is 6.17. The maximum Gasteiger partial charge on any atom is 0.119 e. The first kappa shape index (κ1) is 13.0. The van der Waals surface area contributed by atoms with Gasteiger partial charge in [0, 0.05) is 5.88 Å². The molecule has 0 N–H and O–H groups in total. The predicted octanol–water partition coefficient (Wildman–Crippen LogP) is 4.67. The molecule has 2 heteroatoms. The van der Waals surface area contributed by atoms with Gasteiger partial charge >= 0.3 is 0 Å². The molecule has 0 saturated carbocycles. The van der Waals surface area contributed by atoms with Crippen molar-refractivity contribution in [1.82, 2.24) is 0 Å². The first-order valence-electron chi connectivity index (χ1n) is 6.15. The van der Waals surface area contributed by atoms with Crippen LogP contribution < -0.4 is 4.74 Å². The highest BCUT2D eigenvalue weighted by atomic mass is 35.5. The molecule has 0 heterocycles. The molecule has 0 aliphatic heterocycles. The molecular formula is C16H17ClO. The van der Waals surface area contributed by atoms with Crippen molar-refractivity contribution >= 4 is 11.6 Å². The van der Waals surface area contributed by atoms with E-state index in [1.807, 2.05) is 12.1 Å². The molecule has 0 fully saturated rings. The zero-order chi connectivity index (χ0) is 12.8. The largest absolute Gasteiger partial charge is 0.494 e. The summed E-state index contributed by atoms with van der Waals surface area (Å²) >= 11 is 5.63. The standard InChI is InChI=1S/C16H17ClO/c1-13-6-8-14(9-7-13)15-4-2-5-16(12-15)18-11-3-10-17/h2,4-9,12H,3,10-11H2,1H3. The van der Waals surface area contributed by atoms with Gasteiger partial charge in [0.05, 0.1) is 6.61 Å². The molecule has 0 unspecified atom stereocenters. The lowest BCUT2D eigenvalue weighted by Gasteiger charge is -2.07. The fourth-order valence-corrected chi connectivity index (χ4v) is 1.87. The highest BCUT2D eigenvalue weighted by Crippen LogP contribution is 2.24. The van der Waals surface area contributed by atoms with Crippen molar-refractivity contribution in [3.63, 3.8) is 0 Å². The van der Waals surface area contributed by atoms with E-state index >= 15 is 0 Å². The van der Waals surface area contributed by atoms with E-state index in [2.05, 4.69) is 43.3 Å². The second-order valence-corrected chi connectivity index (χ2v) is 4.66. The molecular weight excluding hydrogens is 244 g/mol. The Balaban J connectivity index is 2.13. The molecule has 0 radical (unpaired) electrons. The fraction of sp³-hybridized carbons (Fsp3) is 0.250. The van der Waals surface area contributed by atoms with Crippen LogP contribution in [0.4, 0.5) is 0 Å². The van der Waals surface area contributed by atoms with Crippen LogP contribution in [0.2, 0.25) is 0 Å². The smallest absolute Gasteiger partial charge is 0.119 e. The predicted molar refractivity (Wildman–Crippen MR) is 77.4 cm³/mol. The van der Waals surface area contributed by atoms with Crippen LogP contribution in [0.15, 0.2) is 48.5 Å². The summed E-state index contributed by atoms with van der Waals surface area (Å²) in [6, 6.07) is 16.7. The Morgan fingerprint density at radius 3 is 2.50 bits per heavy atom. The summed E-state index contributed by atoms with van der Waals surface area (Å²) in [4.78, 5) is 0. The lowest BCUT2D eigenvalue weighted by atomic mass is 10.0. The third kappa shape index (κ3) is 3.51. The summed E-state index contributed by atoms with van der Waals surface area (Å²) in [6.45, 7) is 2.76. The summed E-state index contributed by atoms with van der Waals surface area (Å²) in [5.41, 5.74) is 3.66. The van der Waals surface area contributed by atoms with Crippen molar-refractivity contribution in [3.8, 4) is 16.9 Å². The van der Waals surface area contributed by atoms with E-state index < -0.39 is 0 Å². The minimum atomic E-state index is 0.637. The van der Waals surface area contributed by atoms with Gasteiger partial charge in [0.15, 0.2) is 0 Å². The Bertz CT molecular complexity index is 491. The van der Waals surface area contributed by atoms with Crippen LogP contribution in [0.1, 0.15) is 12.0 Å². The molecule has 0 aliphatic carbocycles. The van der Waals surface area contributed by atoms with Crippen molar-refractivity contribution in [1.29, 1.82) is 0 Å². The van der Waals surface area contributed by atoms with E-state index in [-0.39, 0.29) is 0 Å². The monoisotopic (exact) mass is 260 g/mol. The van der Waals surface area contributed by atoms with E-state index in [1.165, 1.54) is 16.7 Å². The van der Waals surface area contributed by atoms with Crippen molar-refractivity contribution < 1.29 is 4.74 Å². The van der Waals surface area contributed by atoms with Gasteiger partial charge in [-0.2, -0.15) is 0 Å². The highest BCUT2D eigenvalue weighted by Gasteiger charge is 2.00. The Kier molecular flexibility index (Phi) is 4.66. The molecule has 0 spiro atoms. The van der Waals surface area contributed by atoms with Gasteiger partial charge in [-0.05, 0) is 36.6 Å². The Hall–Kier alpha value is -1.47. The average molecular weight is 261 g/mol. The lowest BCUT2D eigenvalue weighted by molar-refractivity contribution is 0.318. The summed E-state index contributed by atoms with van der Waals surface area (Å²) in [5.74, 6) is 1.54. The number of benzene rings is 2. The number of alkyl halides is 1. The molecule has 0 amide bonds. The maximum absolute atomic E-state index is 5.65. The van der Waals surface area contributed by atoms with E-state index in [0.717, 1.165) is 12.2 Å². The first-order chi connectivity index (χ1) is 8.79. The van der Waals surface area contributed by atoms with Gasteiger partial charge in [0.1, 0.15) is 5.75 Å². The van der Waals surface area contributed by atoms with Crippen molar-refractivity contribution in [3.05, 3.63) is 54.1 Å². The number of halogens is 1. The van der Waals surface area contributed by atoms with Gasteiger partial charge in [-0.15, -0.1) is 11.6 Å². The van der Waals surface area contributed by atoms with E-state index in [0.29, 0.717) is 12.5 Å². The van der Waals surface area contributed by atoms with Crippen molar-refractivity contribution in [2.45, 2.75) is 13.3 Å². The molecule has 0 saturated heterocycles. The van der Waals surface area contributed by atoms with Gasteiger partial charge in [-0.3, -0.25) is 0 Å². The number of ether oxygens (including phenoxy) is 1. The van der Waals surface area contributed by atoms with Crippen LogP contribution in [0.25, 0.3) is 11.1 Å². The zero-order valence-electron chi connectivity index (χ0n) is 10.5. The Labute approximate surface area is 113 Å². The molecule has 0 aliphatic rings. The van der Waals surface area contributed by atoms with Crippen LogP contribution in [0.5, 0.6) is 5.75 Å². The third-order valence-corrected chi connectivity index (χ3v) is 3.03. The average Bonchev–Trinajstić information content (AvgIpc) is 2.40. The van der Waals surface area contributed by atoms with Gasteiger partial charge in [0.25, 0.3) is 0 Å². The number of aryl methyl sites for hydroxylation is 1. The zero-order valence-corrected chi connectivity index (χ0v) is 11.3.